The van der Waals surface area contributed by atoms with E-state index >= 15 is 0 Å². The Kier molecular flexibility index (Phi) is 4.62. The number of nitrogens with zero attached hydrogens (tertiary/aromatic N) is 3. The Labute approximate surface area is 124 Å². The third-order valence-electron chi connectivity index (χ3n) is 4.05. The number of aromatic nitrogens is 2. The minimum Gasteiger partial charge on any atom is -0.493 e. The largest absolute Gasteiger partial charge is 0.493 e. The highest BCUT2D eigenvalue weighted by molar-refractivity contribution is 5.78. The maximum atomic E-state index is 9.29. The number of aliphatic hydroxyl groups is 1. The number of likely N-dealkylation sites (tertiary alicyclic amines) is 1. The van der Waals surface area contributed by atoms with Gasteiger partial charge in [0.05, 0.1) is 18.7 Å². The quantitative estimate of drug-likeness (QED) is 0.822. The van der Waals surface area contributed by atoms with Crippen LogP contribution in [-0.2, 0) is 0 Å². The first-order valence-corrected chi connectivity index (χ1v) is 7.54. The van der Waals surface area contributed by atoms with E-state index in [2.05, 4.69) is 14.9 Å². The second kappa shape index (κ2) is 6.83. The molecule has 2 heterocycles. The molecule has 0 unspecified atom stereocenters. The van der Waals surface area contributed by atoms with Crippen LogP contribution >= 0.6 is 0 Å². The van der Waals surface area contributed by atoms with E-state index in [-0.39, 0.29) is 6.61 Å². The van der Waals surface area contributed by atoms with Gasteiger partial charge in [-0.1, -0.05) is 0 Å². The molecule has 0 radical (unpaired) electrons. The van der Waals surface area contributed by atoms with E-state index in [1.54, 1.807) is 12.5 Å². The van der Waals surface area contributed by atoms with Crippen molar-refractivity contribution in [1.82, 2.24) is 14.9 Å². The molecular formula is C16H21N3O2. The third-order valence-corrected chi connectivity index (χ3v) is 4.05. The van der Waals surface area contributed by atoms with Crippen LogP contribution in [0.25, 0.3) is 10.9 Å². The van der Waals surface area contributed by atoms with Gasteiger partial charge in [0.2, 0.25) is 0 Å². The molecule has 5 nitrogen and oxygen atoms in total. The molecule has 1 saturated heterocycles. The van der Waals surface area contributed by atoms with E-state index in [1.807, 2.05) is 18.2 Å². The average molecular weight is 287 g/mol. The number of hydrogen-bond acceptors (Lipinski definition) is 5. The molecule has 5 heteroatoms. The monoisotopic (exact) mass is 287 g/mol. The van der Waals surface area contributed by atoms with Crippen molar-refractivity contribution in [2.75, 3.05) is 26.3 Å². The smallest absolute Gasteiger partial charge is 0.121 e. The Morgan fingerprint density at radius 3 is 3.24 bits per heavy atom. The maximum Gasteiger partial charge on any atom is 0.121 e. The minimum atomic E-state index is 0.269. The Morgan fingerprint density at radius 2 is 2.33 bits per heavy atom. The van der Waals surface area contributed by atoms with Crippen molar-refractivity contribution >= 4 is 10.9 Å². The Bertz CT molecular complexity index is 590. The van der Waals surface area contributed by atoms with Crippen LogP contribution in [0.2, 0.25) is 0 Å². The molecule has 1 N–H and O–H groups in total. The summed E-state index contributed by atoms with van der Waals surface area (Å²) in [5.41, 5.74) is 0.905. The van der Waals surface area contributed by atoms with E-state index < -0.39 is 0 Å². The number of ether oxygens (including phenoxy) is 1. The summed E-state index contributed by atoms with van der Waals surface area (Å²) in [6, 6.07) is 6.23. The van der Waals surface area contributed by atoms with E-state index in [0.29, 0.717) is 12.6 Å². The predicted octanol–water partition coefficient (Wildman–Crippen LogP) is 1.86. The highest BCUT2D eigenvalue weighted by Crippen LogP contribution is 2.19. The molecule has 1 aromatic carbocycles. The first kappa shape index (κ1) is 14.2. The van der Waals surface area contributed by atoms with Gasteiger partial charge in [0.15, 0.2) is 0 Å². The van der Waals surface area contributed by atoms with Gasteiger partial charge in [-0.05, 0) is 37.9 Å². The van der Waals surface area contributed by atoms with Crippen molar-refractivity contribution in [3.05, 3.63) is 30.7 Å². The Hall–Kier alpha value is -1.72. The molecule has 0 saturated carbocycles. The number of fused-ring (bicyclic) bond motifs is 1. The SMILES string of the molecule is OC[C@@H]1CCCN1CCCOc1ccc2cncnc2c1. The summed E-state index contributed by atoms with van der Waals surface area (Å²) in [5, 5.41) is 10.3. The molecule has 1 aliphatic heterocycles. The van der Waals surface area contributed by atoms with Gasteiger partial charge in [-0.25, -0.2) is 9.97 Å². The summed E-state index contributed by atoms with van der Waals surface area (Å²) in [4.78, 5) is 10.6. The van der Waals surface area contributed by atoms with E-state index in [9.17, 15) is 5.11 Å². The zero-order valence-electron chi connectivity index (χ0n) is 12.1. The number of hydrogen-bond donors (Lipinski definition) is 1. The summed E-state index contributed by atoms with van der Waals surface area (Å²) in [5.74, 6) is 0.848. The fourth-order valence-corrected chi connectivity index (χ4v) is 2.90. The van der Waals surface area contributed by atoms with Gasteiger partial charge in [-0.3, -0.25) is 4.90 Å². The normalized spacial score (nSPS) is 19.2. The van der Waals surface area contributed by atoms with Crippen LogP contribution in [0.3, 0.4) is 0 Å². The molecule has 3 rings (SSSR count). The second-order valence-corrected chi connectivity index (χ2v) is 5.46. The summed E-state index contributed by atoms with van der Waals surface area (Å²) in [6.07, 6.45) is 6.62. The van der Waals surface area contributed by atoms with Crippen molar-refractivity contribution in [3.63, 3.8) is 0 Å². The molecule has 112 valence electrons. The van der Waals surface area contributed by atoms with Gasteiger partial charge in [-0.15, -0.1) is 0 Å². The van der Waals surface area contributed by atoms with Gasteiger partial charge in [0.25, 0.3) is 0 Å². The third kappa shape index (κ3) is 3.49. The topological polar surface area (TPSA) is 58.5 Å². The summed E-state index contributed by atoms with van der Waals surface area (Å²) in [6.45, 7) is 3.04. The van der Waals surface area contributed by atoms with Gasteiger partial charge in [0, 0.05) is 30.2 Å². The lowest BCUT2D eigenvalue weighted by Crippen LogP contribution is -2.33. The zero-order chi connectivity index (χ0) is 14.5. The van der Waals surface area contributed by atoms with E-state index in [1.165, 1.54) is 6.42 Å². The van der Waals surface area contributed by atoms with Crippen LogP contribution < -0.4 is 4.74 Å². The lowest BCUT2D eigenvalue weighted by atomic mass is 10.2. The number of aliphatic hydroxyl groups excluding tert-OH is 1. The molecule has 0 spiro atoms. The molecule has 0 aliphatic carbocycles. The molecule has 21 heavy (non-hydrogen) atoms. The van der Waals surface area contributed by atoms with Crippen LogP contribution in [0.5, 0.6) is 5.75 Å². The average Bonchev–Trinajstić information content (AvgIpc) is 2.99. The number of rotatable bonds is 6. The first-order chi connectivity index (χ1) is 10.4. The Morgan fingerprint density at radius 1 is 1.38 bits per heavy atom. The fraction of sp³-hybridized carbons (Fsp3) is 0.500. The second-order valence-electron chi connectivity index (χ2n) is 5.46. The zero-order valence-corrected chi connectivity index (χ0v) is 12.1. The van der Waals surface area contributed by atoms with Crippen LogP contribution in [0.1, 0.15) is 19.3 Å². The lowest BCUT2D eigenvalue weighted by molar-refractivity contribution is 0.150. The van der Waals surface area contributed by atoms with Gasteiger partial charge >= 0.3 is 0 Å². The van der Waals surface area contributed by atoms with E-state index in [0.717, 1.165) is 42.6 Å². The van der Waals surface area contributed by atoms with Crippen molar-refractivity contribution in [1.29, 1.82) is 0 Å². The summed E-state index contributed by atoms with van der Waals surface area (Å²) in [7, 11) is 0. The van der Waals surface area contributed by atoms with Gasteiger partial charge in [-0.2, -0.15) is 0 Å². The van der Waals surface area contributed by atoms with Gasteiger partial charge < -0.3 is 9.84 Å². The highest BCUT2D eigenvalue weighted by atomic mass is 16.5. The van der Waals surface area contributed by atoms with Crippen LogP contribution in [0, 0.1) is 0 Å². The molecule has 2 aromatic rings. The molecule has 1 atom stereocenters. The predicted molar refractivity (Wildman–Crippen MR) is 81.3 cm³/mol. The van der Waals surface area contributed by atoms with Crippen molar-refractivity contribution < 1.29 is 9.84 Å². The van der Waals surface area contributed by atoms with Crippen LogP contribution in [-0.4, -0.2) is 52.3 Å². The highest BCUT2D eigenvalue weighted by Gasteiger charge is 2.22. The lowest BCUT2D eigenvalue weighted by Gasteiger charge is -2.22. The van der Waals surface area contributed by atoms with E-state index in [4.69, 9.17) is 4.74 Å². The summed E-state index contributed by atoms with van der Waals surface area (Å²) >= 11 is 0. The molecule has 0 amide bonds. The first-order valence-electron chi connectivity index (χ1n) is 7.54. The molecule has 0 bridgehead atoms. The fourth-order valence-electron chi connectivity index (χ4n) is 2.90. The molecule has 1 fully saturated rings. The molecule has 1 aromatic heterocycles. The van der Waals surface area contributed by atoms with Gasteiger partial charge in [0.1, 0.15) is 12.1 Å². The molecular weight excluding hydrogens is 266 g/mol. The maximum absolute atomic E-state index is 9.29. The number of benzene rings is 1. The Balaban J connectivity index is 1.48. The van der Waals surface area contributed by atoms with Crippen LogP contribution in [0.4, 0.5) is 0 Å². The van der Waals surface area contributed by atoms with Crippen molar-refractivity contribution in [3.8, 4) is 5.75 Å². The van der Waals surface area contributed by atoms with Crippen molar-refractivity contribution in [2.24, 2.45) is 0 Å². The molecule has 1 aliphatic rings. The standard InChI is InChI=1S/C16H21N3O2/c20-11-14-3-1-6-19(14)7-2-8-21-15-5-4-13-10-17-12-18-16(13)9-15/h4-5,9-10,12,14,20H,1-3,6-8,11H2/t14-/m0/s1. The minimum absolute atomic E-state index is 0.269. The van der Waals surface area contributed by atoms with Crippen molar-refractivity contribution in [2.45, 2.75) is 25.3 Å². The van der Waals surface area contributed by atoms with Crippen LogP contribution in [0.15, 0.2) is 30.7 Å². The summed E-state index contributed by atoms with van der Waals surface area (Å²) < 4.78 is 5.79.